The van der Waals surface area contributed by atoms with E-state index in [4.69, 9.17) is 11.6 Å². The summed E-state index contributed by atoms with van der Waals surface area (Å²) in [5, 5.41) is 3.68. The van der Waals surface area contributed by atoms with Crippen LogP contribution in [0.5, 0.6) is 0 Å². The Balaban J connectivity index is 1.48. The van der Waals surface area contributed by atoms with Gasteiger partial charge in [0.05, 0.1) is 18.8 Å². The van der Waals surface area contributed by atoms with Gasteiger partial charge in [-0.15, -0.1) is 5.10 Å². The first kappa shape index (κ1) is 18.8. The lowest BCUT2D eigenvalue weighted by atomic mass is 10.1. The van der Waals surface area contributed by atoms with E-state index in [9.17, 15) is 18.0 Å². The van der Waals surface area contributed by atoms with Gasteiger partial charge in [-0.25, -0.2) is 19.4 Å². The molecule has 0 atom stereocenters. The molecule has 0 amide bonds. The van der Waals surface area contributed by atoms with Crippen molar-refractivity contribution < 1.29 is 13.2 Å². The zero-order valence-corrected chi connectivity index (χ0v) is 15.9. The molecular weight excluding hydrogens is 423 g/mol. The third-order valence-corrected chi connectivity index (χ3v) is 4.99. The van der Waals surface area contributed by atoms with Gasteiger partial charge in [0.25, 0.3) is 5.82 Å². The minimum Gasteiger partial charge on any atom is -0.303 e. The molecule has 0 unspecified atom stereocenters. The summed E-state index contributed by atoms with van der Waals surface area (Å²) >= 11 is 5.82. The van der Waals surface area contributed by atoms with Crippen LogP contribution in [0.25, 0.3) is 22.6 Å². The zero-order valence-electron chi connectivity index (χ0n) is 15.2. The predicted octanol–water partition coefficient (Wildman–Crippen LogP) is 3.43. The molecule has 1 fully saturated rings. The molecule has 3 aromatic heterocycles. The highest BCUT2D eigenvalue weighted by Gasteiger charge is 2.39. The van der Waals surface area contributed by atoms with Gasteiger partial charge in [0.1, 0.15) is 5.52 Å². The van der Waals surface area contributed by atoms with Gasteiger partial charge in [-0.2, -0.15) is 18.2 Å². The first-order chi connectivity index (χ1) is 14.3. The second-order valence-electron chi connectivity index (χ2n) is 7.02. The largest absolute Gasteiger partial charge is 0.453 e. The Morgan fingerprint density at radius 2 is 1.90 bits per heavy atom. The second-order valence-corrected chi connectivity index (χ2v) is 7.36. The zero-order chi connectivity index (χ0) is 21.0. The molecule has 12 heteroatoms. The topological polar surface area (TPSA) is 94.3 Å². The van der Waals surface area contributed by atoms with E-state index in [-0.39, 0.29) is 29.4 Å². The van der Waals surface area contributed by atoms with Crippen molar-refractivity contribution in [3.8, 4) is 11.4 Å². The summed E-state index contributed by atoms with van der Waals surface area (Å²) in [6, 6.07) is 6.73. The Kier molecular flexibility index (Phi) is 4.17. The van der Waals surface area contributed by atoms with Gasteiger partial charge in [-0.05, 0) is 30.0 Å². The van der Waals surface area contributed by atoms with Gasteiger partial charge in [0.15, 0.2) is 11.5 Å². The molecule has 0 spiro atoms. The molecule has 8 nitrogen and oxygen atoms in total. The number of alkyl halides is 3. The van der Waals surface area contributed by atoms with Crippen molar-refractivity contribution in [1.82, 2.24) is 34.3 Å². The number of fused-ring (bicyclic) bond motifs is 1. The fourth-order valence-electron chi connectivity index (χ4n) is 3.23. The summed E-state index contributed by atoms with van der Waals surface area (Å²) in [5.74, 6) is -0.962. The van der Waals surface area contributed by atoms with E-state index in [2.05, 4.69) is 25.0 Å². The monoisotopic (exact) mass is 435 g/mol. The van der Waals surface area contributed by atoms with Crippen LogP contribution in [-0.4, -0.2) is 34.3 Å². The van der Waals surface area contributed by atoms with Gasteiger partial charge in [0.2, 0.25) is 5.28 Å². The van der Waals surface area contributed by atoms with Gasteiger partial charge < -0.3 is 4.98 Å². The van der Waals surface area contributed by atoms with Gasteiger partial charge in [-0.1, -0.05) is 24.3 Å². The van der Waals surface area contributed by atoms with Crippen molar-refractivity contribution >= 4 is 22.8 Å². The molecule has 1 aliphatic carbocycles. The molecule has 1 N–H and O–H groups in total. The number of hydrogen-bond donors (Lipinski definition) is 1. The molecule has 30 heavy (non-hydrogen) atoms. The summed E-state index contributed by atoms with van der Waals surface area (Å²) in [6.45, 7) is 0.204. The minimum atomic E-state index is -4.60. The average Bonchev–Trinajstić information content (AvgIpc) is 3.37. The van der Waals surface area contributed by atoms with E-state index in [1.54, 1.807) is 24.3 Å². The number of imidazole rings is 1. The number of halogens is 4. The standard InChI is InChI=1S/C18H13ClF3N7O/c19-16-23-7-12-14(26-16)28(17(30)24-12)8-9-1-3-10(4-2-9)13-25-15(18(20,21)22)27-29(13)11-5-6-11/h1-4,7,11H,5-6,8H2,(H,24,30). The van der Waals surface area contributed by atoms with E-state index in [0.29, 0.717) is 16.7 Å². The molecule has 4 aromatic rings. The number of rotatable bonds is 4. The van der Waals surface area contributed by atoms with Crippen LogP contribution in [0, 0.1) is 0 Å². The maximum Gasteiger partial charge on any atom is 0.453 e. The smallest absolute Gasteiger partial charge is 0.303 e. The molecule has 1 aromatic carbocycles. The molecule has 1 aliphatic rings. The number of H-pyrrole nitrogens is 1. The summed E-state index contributed by atoms with van der Waals surface area (Å²) in [6.07, 6.45) is -1.62. The van der Waals surface area contributed by atoms with E-state index in [1.165, 1.54) is 15.4 Å². The second kappa shape index (κ2) is 6.66. The maximum absolute atomic E-state index is 13.1. The number of benzene rings is 1. The number of aromatic nitrogens is 7. The van der Waals surface area contributed by atoms with Gasteiger partial charge >= 0.3 is 11.9 Å². The van der Waals surface area contributed by atoms with Crippen LogP contribution in [0.15, 0.2) is 35.3 Å². The average molecular weight is 436 g/mol. The Bertz CT molecular complexity index is 1300. The van der Waals surface area contributed by atoms with E-state index >= 15 is 0 Å². The first-order valence-electron chi connectivity index (χ1n) is 9.04. The molecule has 0 aliphatic heterocycles. The minimum absolute atomic E-state index is 0.0190. The predicted molar refractivity (Wildman–Crippen MR) is 101 cm³/mol. The fraction of sp³-hybridized carbons (Fsp3) is 0.278. The summed E-state index contributed by atoms with van der Waals surface area (Å²) in [5.41, 5.74) is 1.73. The lowest BCUT2D eigenvalue weighted by Gasteiger charge is -2.06. The molecule has 0 radical (unpaired) electrons. The number of hydrogen-bond acceptors (Lipinski definition) is 5. The van der Waals surface area contributed by atoms with E-state index in [0.717, 1.165) is 18.4 Å². The van der Waals surface area contributed by atoms with Crippen molar-refractivity contribution in [3.05, 3.63) is 57.6 Å². The Labute approximate surface area is 171 Å². The van der Waals surface area contributed by atoms with Crippen LogP contribution in [0.1, 0.15) is 30.3 Å². The summed E-state index contributed by atoms with van der Waals surface area (Å²) < 4.78 is 41.9. The van der Waals surface area contributed by atoms with Gasteiger partial charge in [0, 0.05) is 5.56 Å². The lowest BCUT2D eigenvalue weighted by molar-refractivity contribution is -0.145. The quantitative estimate of drug-likeness (QED) is 0.495. The highest BCUT2D eigenvalue weighted by molar-refractivity contribution is 6.28. The van der Waals surface area contributed by atoms with Crippen LogP contribution in [0.2, 0.25) is 5.28 Å². The van der Waals surface area contributed by atoms with Crippen molar-refractivity contribution in [1.29, 1.82) is 0 Å². The third kappa shape index (κ3) is 3.34. The fourth-order valence-corrected chi connectivity index (χ4v) is 3.36. The molecular formula is C18H13ClF3N7O. The van der Waals surface area contributed by atoms with Crippen molar-refractivity contribution in [2.45, 2.75) is 31.6 Å². The molecule has 5 rings (SSSR count). The van der Waals surface area contributed by atoms with Crippen LogP contribution in [0.3, 0.4) is 0 Å². The molecule has 1 saturated carbocycles. The lowest BCUT2D eigenvalue weighted by Crippen LogP contribution is -2.17. The number of nitrogens with zero attached hydrogens (tertiary/aromatic N) is 6. The van der Waals surface area contributed by atoms with Crippen molar-refractivity contribution in [2.75, 3.05) is 0 Å². The summed E-state index contributed by atoms with van der Waals surface area (Å²) in [4.78, 5) is 26.5. The van der Waals surface area contributed by atoms with Crippen LogP contribution < -0.4 is 5.69 Å². The maximum atomic E-state index is 13.1. The van der Waals surface area contributed by atoms with Crippen LogP contribution in [-0.2, 0) is 12.7 Å². The SMILES string of the molecule is O=c1[nH]c2cnc(Cl)nc2n1Cc1ccc(-c2nc(C(F)(F)F)nn2C2CC2)cc1. The number of nitrogens with one attached hydrogen (secondary N) is 1. The number of aromatic amines is 1. The van der Waals surface area contributed by atoms with Crippen molar-refractivity contribution in [2.24, 2.45) is 0 Å². The summed E-state index contributed by atoms with van der Waals surface area (Å²) in [7, 11) is 0. The molecule has 0 saturated heterocycles. The molecule has 3 heterocycles. The van der Waals surface area contributed by atoms with Gasteiger partial charge in [-0.3, -0.25) is 4.57 Å². The molecule has 0 bridgehead atoms. The molecule has 154 valence electrons. The third-order valence-electron chi connectivity index (χ3n) is 4.81. The van der Waals surface area contributed by atoms with Crippen LogP contribution in [0.4, 0.5) is 13.2 Å². The Hall–Kier alpha value is -3.21. The normalized spacial score (nSPS) is 14.5. The van der Waals surface area contributed by atoms with Crippen LogP contribution >= 0.6 is 11.6 Å². The Morgan fingerprint density at radius 1 is 1.17 bits per heavy atom. The van der Waals surface area contributed by atoms with E-state index < -0.39 is 12.0 Å². The first-order valence-corrected chi connectivity index (χ1v) is 9.41. The Morgan fingerprint density at radius 3 is 2.57 bits per heavy atom. The van der Waals surface area contributed by atoms with Crippen molar-refractivity contribution in [3.63, 3.8) is 0 Å². The van der Waals surface area contributed by atoms with E-state index in [1.807, 2.05) is 0 Å². The highest BCUT2D eigenvalue weighted by Crippen LogP contribution is 2.39. The highest BCUT2D eigenvalue weighted by atomic mass is 35.5.